The van der Waals surface area contributed by atoms with Crippen LogP contribution in [0.5, 0.6) is 0 Å². The number of hydrogen-bond acceptors (Lipinski definition) is 3. The van der Waals surface area contributed by atoms with E-state index in [-0.39, 0.29) is 5.78 Å². The smallest absolute Gasteiger partial charge is 0.209 e. The molecule has 2 heterocycles. The normalized spacial score (nSPS) is 10.5. The first-order valence-corrected chi connectivity index (χ1v) is 7.34. The second-order valence-corrected chi connectivity index (χ2v) is 5.59. The fourth-order valence-electron chi connectivity index (χ4n) is 2.36. The molecule has 114 valence electrons. The number of benzene rings is 1. The Bertz CT molecular complexity index is 882. The van der Waals surface area contributed by atoms with Crippen molar-refractivity contribution in [2.45, 2.75) is 0 Å². The number of aromatic nitrogens is 2. The Morgan fingerprint density at radius 1 is 1.17 bits per heavy atom. The molecule has 0 atom stereocenters. The summed E-state index contributed by atoms with van der Waals surface area (Å²) in [5.41, 5.74) is 3.09. The summed E-state index contributed by atoms with van der Waals surface area (Å²) in [5.74, 6) is -0.0954. The van der Waals surface area contributed by atoms with Gasteiger partial charge in [0.1, 0.15) is 6.29 Å². The van der Waals surface area contributed by atoms with Crippen LogP contribution in [-0.2, 0) is 7.05 Å². The molecule has 0 bridgehead atoms. The Morgan fingerprint density at radius 3 is 2.61 bits per heavy atom. The van der Waals surface area contributed by atoms with E-state index in [1.165, 1.54) is 0 Å². The Labute approximate surface area is 138 Å². The van der Waals surface area contributed by atoms with Crippen molar-refractivity contribution in [2.75, 3.05) is 0 Å². The molecule has 3 aromatic rings. The van der Waals surface area contributed by atoms with Crippen LogP contribution >= 0.6 is 11.6 Å². The molecule has 0 N–H and O–H groups in total. The van der Waals surface area contributed by atoms with Crippen LogP contribution in [0.1, 0.15) is 26.4 Å². The zero-order valence-corrected chi connectivity index (χ0v) is 13.1. The number of ketones is 1. The molecule has 0 fully saturated rings. The predicted molar refractivity (Wildman–Crippen MR) is 88.9 cm³/mol. The second kappa shape index (κ2) is 6.18. The van der Waals surface area contributed by atoms with Gasteiger partial charge in [-0.1, -0.05) is 11.6 Å². The number of aldehydes is 1. The lowest BCUT2D eigenvalue weighted by Crippen LogP contribution is -2.06. The van der Waals surface area contributed by atoms with Crippen molar-refractivity contribution < 1.29 is 9.59 Å². The van der Waals surface area contributed by atoms with Crippen molar-refractivity contribution in [2.24, 2.45) is 7.05 Å². The molecule has 0 saturated carbocycles. The third-order valence-corrected chi connectivity index (χ3v) is 3.81. The van der Waals surface area contributed by atoms with E-state index in [0.717, 1.165) is 11.8 Å². The van der Waals surface area contributed by atoms with E-state index in [4.69, 9.17) is 11.6 Å². The fourth-order valence-corrected chi connectivity index (χ4v) is 2.48. The third-order valence-electron chi connectivity index (χ3n) is 3.56. The Morgan fingerprint density at radius 2 is 1.91 bits per heavy atom. The summed E-state index contributed by atoms with van der Waals surface area (Å²) in [6, 6.07) is 11.9. The van der Waals surface area contributed by atoms with Crippen LogP contribution in [0, 0.1) is 0 Å². The molecule has 0 amide bonds. The first-order valence-electron chi connectivity index (χ1n) is 6.97. The van der Waals surface area contributed by atoms with Gasteiger partial charge in [-0.15, -0.1) is 0 Å². The lowest BCUT2D eigenvalue weighted by Gasteiger charge is -2.02. The first-order chi connectivity index (χ1) is 11.1. The number of carbonyl (C=O) groups is 2. The molecule has 0 unspecified atom stereocenters. The molecular weight excluding hydrogens is 312 g/mol. The van der Waals surface area contributed by atoms with Gasteiger partial charge in [0, 0.05) is 41.2 Å². The molecule has 0 radical (unpaired) electrons. The van der Waals surface area contributed by atoms with E-state index in [2.05, 4.69) is 4.98 Å². The standard InChI is InChI=1S/C18H13ClN2O2/c1-21-10-14(16-8-12(11-22)6-7-20-16)9-17(21)18(23)13-2-4-15(19)5-3-13/h2-11H,1H3. The van der Waals surface area contributed by atoms with Crippen LogP contribution < -0.4 is 0 Å². The van der Waals surface area contributed by atoms with Crippen LogP contribution in [0.15, 0.2) is 54.9 Å². The van der Waals surface area contributed by atoms with E-state index in [0.29, 0.717) is 27.5 Å². The summed E-state index contributed by atoms with van der Waals surface area (Å²) in [5, 5.41) is 0.587. The molecule has 0 saturated heterocycles. The number of hydrogen-bond donors (Lipinski definition) is 0. The van der Waals surface area contributed by atoms with Crippen LogP contribution in [0.4, 0.5) is 0 Å². The summed E-state index contributed by atoms with van der Waals surface area (Å²) < 4.78 is 1.75. The number of pyridine rings is 1. The van der Waals surface area contributed by atoms with Crippen LogP contribution in [0.2, 0.25) is 5.02 Å². The molecule has 0 spiro atoms. The maximum absolute atomic E-state index is 12.6. The largest absolute Gasteiger partial charge is 0.347 e. The number of aryl methyl sites for hydroxylation is 1. The Balaban J connectivity index is 1.99. The SMILES string of the molecule is Cn1cc(-c2cc(C=O)ccn2)cc1C(=O)c1ccc(Cl)cc1. The van der Waals surface area contributed by atoms with Gasteiger partial charge in [0.2, 0.25) is 5.78 Å². The molecule has 0 aliphatic heterocycles. The van der Waals surface area contributed by atoms with Crippen molar-refractivity contribution >= 4 is 23.7 Å². The minimum absolute atomic E-state index is 0.0954. The minimum Gasteiger partial charge on any atom is -0.347 e. The Hall–Kier alpha value is -2.72. The van der Waals surface area contributed by atoms with Gasteiger partial charge in [-0.25, -0.2) is 0 Å². The fraction of sp³-hybridized carbons (Fsp3) is 0.0556. The van der Waals surface area contributed by atoms with Crippen molar-refractivity contribution in [3.05, 3.63) is 76.7 Å². The summed E-state index contributed by atoms with van der Waals surface area (Å²) in [6.07, 6.45) is 4.17. The highest BCUT2D eigenvalue weighted by atomic mass is 35.5. The molecule has 4 nitrogen and oxygen atoms in total. The lowest BCUT2D eigenvalue weighted by molar-refractivity contribution is 0.103. The van der Waals surface area contributed by atoms with Crippen molar-refractivity contribution in [1.29, 1.82) is 0 Å². The highest BCUT2D eigenvalue weighted by Crippen LogP contribution is 2.22. The van der Waals surface area contributed by atoms with Crippen LogP contribution in [0.3, 0.4) is 0 Å². The molecular formula is C18H13ClN2O2. The highest BCUT2D eigenvalue weighted by molar-refractivity contribution is 6.30. The summed E-state index contributed by atoms with van der Waals surface area (Å²) in [7, 11) is 1.80. The molecule has 0 aliphatic rings. The van der Waals surface area contributed by atoms with Gasteiger partial charge in [0.05, 0.1) is 11.4 Å². The van der Waals surface area contributed by atoms with E-state index in [1.807, 2.05) is 6.20 Å². The highest BCUT2D eigenvalue weighted by Gasteiger charge is 2.15. The molecule has 2 aromatic heterocycles. The quantitative estimate of drug-likeness (QED) is 0.542. The van der Waals surface area contributed by atoms with Gasteiger partial charge in [-0.2, -0.15) is 0 Å². The van der Waals surface area contributed by atoms with Gasteiger partial charge in [-0.05, 0) is 42.5 Å². The molecule has 0 aliphatic carbocycles. The molecule has 1 aromatic carbocycles. The zero-order chi connectivity index (χ0) is 16.4. The zero-order valence-electron chi connectivity index (χ0n) is 12.4. The Kier molecular flexibility index (Phi) is 4.08. The van der Waals surface area contributed by atoms with Crippen LogP contribution in [-0.4, -0.2) is 21.6 Å². The van der Waals surface area contributed by atoms with E-state index in [1.54, 1.807) is 60.3 Å². The predicted octanol–water partition coefficient (Wildman–Crippen LogP) is 3.78. The molecule has 23 heavy (non-hydrogen) atoms. The number of rotatable bonds is 4. The van der Waals surface area contributed by atoms with Crippen molar-refractivity contribution in [3.63, 3.8) is 0 Å². The van der Waals surface area contributed by atoms with Gasteiger partial charge in [-0.3, -0.25) is 14.6 Å². The minimum atomic E-state index is -0.0954. The monoisotopic (exact) mass is 324 g/mol. The van der Waals surface area contributed by atoms with Gasteiger partial charge < -0.3 is 4.57 Å². The van der Waals surface area contributed by atoms with Gasteiger partial charge >= 0.3 is 0 Å². The molecule has 3 rings (SSSR count). The van der Waals surface area contributed by atoms with E-state index >= 15 is 0 Å². The van der Waals surface area contributed by atoms with Crippen molar-refractivity contribution in [3.8, 4) is 11.3 Å². The van der Waals surface area contributed by atoms with Gasteiger partial charge in [0.25, 0.3) is 0 Å². The number of halogens is 1. The summed E-state index contributed by atoms with van der Waals surface area (Å²) in [6.45, 7) is 0. The average molecular weight is 325 g/mol. The van der Waals surface area contributed by atoms with Crippen molar-refractivity contribution in [1.82, 2.24) is 9.55 Å². The van der Waals surface area contributed by atoms with E-state index in [9.17, 15) is 9.59 Å². The number of nitrogens with zero attached hydrogens (tertiary/aromatic N) is 2. The van der Waals surface area contributed by atoms with Crippen LogP contribution in [0.25, 0.3) is 11.3 Å². The third kappa shape index (κ3) is 3.07. The topological polar surface area (TPSA) is 52.0 Å². The molecule has 5 heteroatoms. The lowest BCUT2D eigenvalue weighted by atomic mass is 10.1. The van der Waals surface area contributed by atoms with Gasteiger partial charge in [0.15, 0.2) is 0 Å². The number of carbonyl (C=O) groups excluding carboxylic acids is 2. The summed E-state index contributed by atoms with van der Waals surface area (Å²) in [4.78, 5) is 27.7. The average Bonchev–Trinajstić information content (AvgIpc) is 2.97. The maximum Gasteiger partial charge on any atom is 0.209 e. The second-order valence-electron chi connectivity index (χ2n) is 5.15. The van der Waals surface area contributed by atoms with E-state index < -0.39 is 0 Å². The maximum atomic E-state index is 12.6. The summed E-state index contributed by atoms with van der Waals surface area (Å²) >= 11 is 5.85. The first kappa shape index (κ1) is 15.2.